The number of nitriles is 1. The molecule has 1 aliphatic heterocycles. The molecule has 2 N–H and O–H groups in total. The smallest absolute Gasteiger partial charge is 0.269 e. The van der Waals surface area contributed by atoms with Gasteiger partial charge in [-0.25, -0.2) is 0 Å². The van der Waals surface area contributed by atoms with Crippen LogP contribution in [0, 0.1) is 25.2 Å². The summed E-state index contributed by atoms with van der Waals surface area (Å²) in [5.74, 6) is -0.341. The van der Waals surface area contributed by atoms with Crippen LogP contribution in [0.15, 0.2) is 42.5 Å². The molecule has 0 bridgehead atoms. The van der Waals surface area contributed by atoms with Crippen molar-refractivity contribution < 1.29 is 4.79 Å². The van der Waals surface area contributed by atoms with Crippen LogP contribution in [0.3, 0.4) is 0 Å². The van der Waals surface area contributed by atoms with Crippen molar-refractivity contribution in [3.05, 3.63) is 59.2 Å². The normalized spacial score (nSPS) is 19.6. The third-order valence-electron chi connectivity index (χ3n) is 3.80. The van der Waals surface area contributed by atoms with Gasteiger partial charge < -0.3 is 10.6 Å². The number of amides is 1. The Morgan fingerprint density at radius 3 is 2.71 bits per heavy atom. The van der Waals surface area contributed by atoms with Crippen molar-refractivity contribution in [1.29, 1.82) is 5.26 Å². The molecule has 0 aliphatic carbocycles. The van der Waals surface area contributed by atoms with Gasteiger partial charge in [-0.15, -0.1) is 0 Å². The van der Waals surface area contributed by atoms with E-state index in [0.717, 1.165) is 16.8 Å². The molecular formula is C17H15N3O. The molecule has 0 aromatic heterocycles. The van der Waals surface area contributed by atoms with E-state index in [2.05, 4.69) is 16.7 Å². The predicted molar refractivity (Wildman–Crippen MR) is 81.9 cm³/mol. The Kier molecular flexibility index (Phi) is 2.91. The molecular weight excluding hydrogens is 262 g/mol. The standard InChI is InChI=1S/C17H15N3O/c1-11-7-8-12(2)15(9-11)20-17(10-18)13-5-3-4-6-14(13)19-16(17)21/h3-9,20H,1-2H3,(H,19,21). The van der Waals surface area contributed by atoms with Gasteiger partial charge in [0, 0.05) is 16.9 Å². The van der Waals surface area contributed by atoms with E-state index in [4.69, 9.17) is 0 Å². The fraction of sp³-hybridized carbons (Fsp3) is 0.176. The second-order valence-electron chi connectivity index (χ2n) is 5.30. The number of benzene rings is 2. The van der Waals surface area contributed by atoms with E-state index in [1.807, 2.05) is 44.2 Å². The summed E-state index contributed by atoms with van der Waals surface area (Å²) in [6.07, 6.45) is 0. The lowest BCUT2D eigenvalue weighted by atomic mass is 9.92. The number of aryl methyl sites for hydroxylation is 2. The molecule has 4 nitrogen and oxygen atoms in total. The van der Waals surface area contributed by atoms with E-state index in [-0.39, 0.29) is 5.91 Å². The van der Waals surface area contributed by atoms with Gasteiger partial charge in [-0.3, -0.25) is 4.79 Å². The van der Waals surface area contributed by atoms with Gasteiger partial charge in [0.05, 0.1) is 0 Å². The van der Waals surface area contributed by atoms with Crippen LogP contribution in [0.25, 0.3) is 0 Å². The minimum Gasteiger partial charge on any atom is -0.356 e. The van der Waals surface area contributed by atoms with Gasteiger partial charge in [-0.1, -0.05) is 30.3 Å². The minimum absolute atomic E-state index is 0.341. The van der Waals surface area contributed by atoms with Gasteiger partial charge in [0.15, 0.2) is 0 Å². The molecule has 1 aliphatic rings. The van der Waals surface area contributed by atoms with E-state index in [0.29, 0.717) is 11.3 Å². The maximum absolute atomic E-state index is 12.4. The molecule has 1 atom stereocenters. The number of carbonyl (C=O) groups is 1. The Morgan fingerprint density at radius 2 is 1.95 bits per heavy atom. The van der Waals surface area contributed by atoms with Gasteiger partial charge in [-0.05, 0) is 37.1 Å². The molecule has 1 heterocycles. The zero-order valence-corrected chi connectivity index (χ0v) is 11.9. The van der Waals surface area contributed by atoms with Crippen molar-refractivity contribution >= 4 is 17.3 Å². The lowest BCUT2D eigenvalue weighted by Crippen LogP contribution is -2.41. The van der Waals surface area contributed by atoms with Crippen molar-refractivity contribution in [1.82, 2.24) is 0 Å². The summed E-state index contributed by atoms with van der Waals surface area (Å²) in [6, 6.07) is 15.3. The lowest BCUT2D eigenvalue weighted by molar-refractivity contribution is -0.118. The number of nitrogens with zero attached hydrogens (tertiary/aromatic N) is 1. The molecule has 3 rings (SSSR count). The molecule has 104 valence electrons. The first-order chi connectivity index (χ1) is 10.1. The first-order valence-corrected chi connectivity index (χ1v) is 6.74. The van der Waals surface area contributed by atoms with Crippen LogP contribution >= 0.6 is 0 Å². The summed E-state index contributed by atoms with van der Waals surface area (Å²) >= 11 is 0. The molecule has 2 aromatic rings. The first-order valence-electron chi connectivity index (χ1n) is 6.74. The number of carbonyl (C=O) groups excluding carboxylic acids is 1. The third kappa shape index (κ3) is 1.95. The fourth-order valence-electron chi connectivity index (χ4n) is 2.59. The molecule has 1 amide bonds. The van der Waals surface area contributed by atoms with Gasteiger partial charge in [0.2, 0.25) is 5.54 Å². The average molecular weight is 277 g/mol. The highest BCUT2D eigenvalue weighted by Gasteiger charge is 2.47. The summed E-state index contributed by atoms with van der Waals surface area (Å²) in [4.78, 5) is 12.4. The minimum atomic E-state index is -1.38. The van der Waals surface area contributed by atoms with Crippen molar-refractivity contribution in [2.24, 2.45) is 0 Å². The maximum atomic E-state index is 12.4. The Balaban J connectivity index is 2.12. The lowest BCUT2D eigenvalue weighted by Gasteiger charge is -2.23. The molecule has 2 aromatic carbocycles. The van der Waals surface area contributed by atoms with Crippen LogP contribution in [0.2, 0.25) is 0 Å². The second kappa shape index (κ2) is 4.64. The Hall–Kier alpha value is -2.80. The number of hydrogen-bond acceptors (Lipinski definition) is 3. The Morgan fingerprint density at radius 1 is 1.19 bits per heavy atom. The third-order valence-corrected chi connectivity index (χ3v) is 3.80. The van der Waals surface area contributed by atoms with E-state index in [1.165, 1.54) is 0 Å². The zero-order chi connectivity index (χ0) is 15.0. The molecule has 0 saturated carbocycles. The van der Waals surface area contributed by atoms with Gasteiger partial charge in [-0.2, -0.15) is 5.26 Å². The molecule has 0 fully saturated rings. The van der Waals surface area contributed by atoms with Crippen molar-refractivity contribution in [3.63, 3.8) is 0 Å². The molecule has 21 heavy (non-hydrogen) atoms. The second-order valence-corrected chi connectivity index (χ2v) is 5.30. The number of nitrogens with one attached hydrogen (secondary N) is 2. The van der Waals surface area contributed by atoms with Crippen molar-refractivity contribution in [3.8, 4) is 6.07 Å². The zero-order valence-electron chi connectivity index (χ0n) is 11.9. The molecule has 0 radical (unpaired) electrons. The van der Waals surface area contributed by atoms with Crippen molar-refractivity contribution in [2.75, 3.05) is 10.6 Å². The van der Waals surface area contributed by atoms with Gasteiger partial charge in [0.1, 0.15) is 6.07 Å². The Labute approximate surface area is 123 Å². The summed E-state index contributed by atoms with van der Waals surface area (Å²) in [7, 11) is 0. The highest BCUT2D eigenvalue weighted by atomic mass is 16.2. The summed E-state index contributed by atoms with van der Waals surface area (Å²) in [6.45, 7) is 3.93. The highest BCUT2D eigenvalue weighted by Crippen LogP contribution is 2.38. The molecule has 0 saturated heterocycles. The van der Waals surface area contributed by atoms with E-state index in [1.54, 1.807) is 12.1 Å². The van der Waals surface area contributed by atoms with Crippen LogP contribution < -0.4 is 10.6 Å². The predicted octanol–water partition coefficient (Wildman–Crippen LogP) is 3.09. The van der Waals surface area contributed by atoms with E-state index < -0.39 is 5.54 Å². The maximum Gasteiger partial charge on any atom is 0.269 e. The number of anilines is 2. The van der Waals surface area contributed by atoms with E-state index >= 15 is 0 Å². The van der Waals surface area contributed by atoms with Crippen LogP contribution in [0.4, 0.5) is 11.4 Å². The van der Waals surface area contributed by atoms with Crippen LogP contribution in [-0.4, -0.2) is 5.91 Å². The summed E-state index contributed by atoms with van der Waals surface area (Å²) in [5.41, 5.74) is 2.83. The highest BCUT2D eigenvalue weighted by molar-refractivity contribution is 6.10. The quantitative estimate of drug-likeness (QED) is 0.886. The van der Waals surface area contributed by atoms with E-state index in [9.17, 15) is 10.1 Å². The van der Waals surface area contributed by atoms with Crippen LogP contribution in [0.1, 0.15) is 16.7 Å². The van der Waals surface area contributed by atoms with Gasteiger partial charge in [0.25, 0.3) is 5.91 Å². The summed E-state index contributed by atoms with van der Waals surface area (Å²) < 4.78 is 0. The Bertz CT molecular complexity index is 776. The van der Waals surface area contributed by atoms with Crippen molar-refractivity contribution in [2.45, 2.75) is 19.4 Å². The number of rotatable bonds is 2. The summed E-state index contributed by atoms with van der Waals surface area (Å²) in [5, 5.41) is 15.6. The molecule has 4 heteroatoms. The topological polar surface area (TPSA) is 64.9 Å². The largest absolute Gasteiger partial charge is 0.356 e. The number of hydrogen-bond donors (Lipinski definition) is 2. The monoisotopic (exact) mass is 277 g/mol. The number of para-hydroxylation sites is 1. The molecule has 0 spiro atoms. The number of fused-ring (bicyclic) bond motifs is 1. The van der Waals surface area contributed by atoms with Crippen LogP contribution in [-0.2, 0) is 10.3 Å². The average Bonchev–Trinajstić information content (AvgIpc) is 2.76. The van der Waals surface area contributed by atoms with Gasteiger partial charge >= 0.3 is 0 Å². The first kappa shape index (κ1) is 13.2. The fourth-order valence-corrected chi connectivity index (χ4v) is 2.59. The van der Waals surface area contributed by atoms with Crippen LogP contribution in [0.5, 0.6) is 0 Å². The SMILES string of the molecule is Cc1ccc(C)c(NC2(C#N)C(=O)Nc3ccccc32)c1. The molecule has 1 unspecified atom stereocenters.